The third-order valence-corrected chi connectivity index (χ3v) is 19.1. The van der Waals surface area contributed by atoms with E-state index in [1.807, 2.05) is 6.08 Å². The molecule has 0 radical (unpaired) electrons. The molecule has 0 heterocycles. The van der Waals surface area contributed by atoms with E-state index in [9.17, 15) is 19.8 Å². The summed E-state index contributed by atoms with van der Waals surface area (Å²) < 4.78 is 5.52. The van der Waals surface area contributed by atoms with Crippen LogP contribution >= 0.6 is 0 Å². The predicted octanol–water partition coefficient (Wildman–Crippen LogP) is 26.3. The Morgan fingerprint density at radius 1 is 0.314 bits per heavy atom. The van der Waals surface area contributed by atoms with Gasteiger partial charge in [-0.1, -0.05) is 431 Å². The van der Waals surface area contributed by atoms with Crippen LogP contribution in [0.2, 0.25) is 0 Å². The Morgan fingerprint density at radius 3 is 0.791 bits per heavy atom. The molecule has 0 aromatic rings. The van der Waals surface area contributed by atoms with Crippen LogP contribution in [0.25, 0.3) is 0 Å². The molecule has 6 nitrogen and oxygen atoms in total. The Balaban J connectivity index is 3.29. The molecule has 3 N–H and O–H groups in total. The average Bonchev–Trinajstić information content (AvgIpc) is 3.61. The fraction of sp³-hybridized carbons (Fsp3) is 0.950. The maximum atomic E-state index is 12.5. The number of unbranched alkanes of at least 4 members (excludes halogenated alkanes) is 65. The minimum atomic E-state index is -0.839. The zero-order valence-corrected chi connectivity index (χ0v) is 58.8. The van der Waals surface area contributed by atoms with Gasteiger partial charge in [0.2, 0.25) is 5.91 Å². The molecule has 2 unspecified atom stereocenters. The first-order valence-electron chi connectivity index (χ1n) is 40.0. The van der Waals surface area contributed by atoms with Crippen molar-refractivity contribution >= 4 is 11.9 Å². The second kappa shape index (κ2) is 76.1. The molecule has 0 saturated heterocycles. The van der Waals surface area contributed by atoms with Gasteiger partial charge in [-0.3, -0.25) is 9.59 Å². The van der Waals surface area contributed by atoms with Crippen molar-refractivity contribution in [2.24, 2.45) is 0 Å². The highest BCUT2D eigenvalue weighted by Crippen LogP contribution is 2.20. The summed E-state index contributed by atoms with van der Waals surface area (Å²) in [5.74, 6) is -0.0305. The minimum Gasteiger partial charge on any atom is -0.466 e. The predicted molar refractivity (Wildman–Crippen MR) is 380 cm³/mol. The van der Waals surface area contributed by atoms with Crippen LogP contribution in [0, 0.1) is 0 Å². The van der Waals surface area contributed by atoms with Crippen LogP contribution in [0.3, 0.4) is 0 Å². The van der Waals surface area contributed by atoms with E-state index in [1.54, 1.807) is 6.08 Å². The maximum Gasteiger partial charge on any atom is 0.305 e. The summed E-state index contributed by atoms with van der Waals surface area (Å²) in [6.07, 6.45) is 96.4. The van der Waals surface area contributed by atoms with Crippen LogP contribution < -0.4 is 5.32 Å². The minimum absolute atomic E-state index is 0.0283. The molecule has 512 valence electrons. The number of hydrogen-bond acceptors (Lipinski definition) is 5. The van der Waals surface area contributed by atoms with Gasteiger partial charge in [-0.25, -0.2) is 0 Å². The van der Waals surface area contributed by atoms with E-state index in [0.717, 1.165) is 38.5 Å². The van der Waals surface area contributed by atoms with Gasteiger partial charge in [-0.15, -0.1) is 0 Å². The van der Waals surface area contributed by atoms with Gasteiger partial charge in [-0.05, 0) is 32.1 Å². The summed E-state index contributed by atoms with van der Waals surface area (Å²) in [5.41, 5.74) is 0. The maximum absolute atomic E-state index is 12.5. The molecule has 0 aliphatic carbocycles. The Labute approximate surface area is 539 Å². The quantitative estimate of drug-likeness (QED) is 0.0320. The van der Waals surface area contributed by atoms with Crippen molar-refractivity contribution in [3.05, 3.63) is 12.2 Å². The molecular weight excluding hydrogens is 1050 g/mol. The number of ether oxygens (including phenoxy) is 1. The van der Waals surface area contributed by atoms with E-state index in [4.69, 9.17) is 4.74 Å². The summed E-state index contributed by atoms with van der Waals surface area (Å²) in [7, 11) is 0. The van der Waals surface area contributed by atoms with E-state index in [1.165, 1.54) is 398 Å². The monoisotopic (exact) mass is 1210 g/mol. The number of carbonyl (C=O) groups excluding carboxylic acids is 2. The number of carbonyl (C=O) groups is 2. The molecule has 1 amide bonds. The van der Waals surface area contributed by atoms with Crippen molar-refractivity contribution in [3.63, 3.8) is 0 Å². The summed E-state index contributed by atoms with van der Waals surface area (Å²) in [6.45, 7) is 4.96. The number of aliphatic hydroxyl groups is 2. The van der Waals surface area contributed by atoms with Crippen molar-refractivity contribution < 1.29 is 24.5 Å². The SMILES string of the molecule is CCCCCCCCCCCCCCC/C=C/C(O)C(CO)NC(=O)CCCCCCCCCCCCCCCCCCCCCCCCCCCCCCCCCCCCCCCOC(=O)CCCCCCCCCCCCCCCCCCC. The van der Waals surface area contributed by atoms with Gasteiger partial charge in [0.1, 0.15) is 0 Å². The van der Waals surface area contributed by atoms with Crippen LogP contribution in [0.4, 0.5) is 0 Å². The van der Waals surface area contributed by atoms with Crippen molar-refractivity contribution in [3.8, 4) is 0 Å². The molecule has 0 aliphatic rings. The first-order valence-corrected chi connectivity index (χ1v) is 40.0. The molecule has 0 aromatic heterocycles. The summed E-state index contributed by atoms with van der Waals surface area (Å²) in [6, 6.07) is -0.622. The van der Waals surface area contributed by atoms with E-state index in [-0.39, 0.29) is 18.5 Å². The second-order valence-electron chi connectivity index (χ2n) is 27.8. The van der Waals surface area contributed by atoms with Crippen LogP contribution in [-0.4, -0.2) is 47.4 Å². The number of nitrogens with one attached hydrogen (secondary N) is 1. The Hall–Kier alpha value is -1.40. The zero-order chi connectivity index (χ0) is 62.0. The largest absolute Gasteiger partial charge is 0.466 e. The molecule has 2 atom stereocenters. The van der Waals surface area contributed by atoms with Gasteiger partial charge < -0.3 is 20.3 Å². The topological polar surface area (TPSA) is 95.9 Å². The van der Waals surface area contributed by atoms with E-state index in [2.05, 4.69) is 19.2 Å². The van der Waals surface area contributed by atoms with Gasteiger partial charge >= 0.3 is 5.97 Å². The summed E-state index contributed by atoms with van der Waals surface area (Å²) in [5, 5.41) is 23.2. The highest BCUT2D eigenvalue weighted by molar-refractivity contribution is 5.76. The fourth-order valence-electron chi connectivity index (χ4n) is 13.0. The Bertz CT molecular complexity index is 1300. The van der Waals surface area contributed by atoms with Crippen LogP contribution in [0.15, 0.2) is 12.2 Å². The first kappa shape index (κ1) is 84.6. The number of allylic oxidation sites excluding steroid dienone is 1. The van der Waals surface area contributed by atoms with E-state index < -0.39 is 12.1 Å². The number of aliphatic hydroxyl groups excluding tert-OH is 2. The van der Waals surface area contributed by atoms with Crippen LogP contribution in [0.1, 0.15) is 463 Å². The van der Waals surface area contributed by atoms with Crippen molar-refractivity contribution in [1.82, 2.24) is 5.32 Å². The number of hydrogen-bond donors (Lipinski definition) is 3. The van der Waals surface area contributed by atoms with E-state index >= 15 is 0 Å². The third-order valence-electron chi connectivity index (χ3n) is 19.1. The lowest BCUT2D eigenvalue weighted by molar-refractivity contribution is -0.143. The lowest BCUT2D eigenvalue weighted by atomic mass is 10.0. The smallest absolute Gasteiger partial charge is 0.305 e. The molecular formula is C80H157NO5. The van der Waals surface area contributed by atoms with Gasteiger partial charge in [-0.2, -0.15) is 0 Å². The zero-order valence-electron chi connectivity index (χ0n) is 58.8. The van der Waals surface area contributed by atoms with Gasteiger partial charge in [0.15, 0.2) is 0 Å². The molecule has 0 saturated carbocycles. The molecule has 86 heavy (non-hydrogen) atoms. The summed E-state index contributed by atoms with van der Waals surface area (Å²) in [4.78, 5) is 24.6. The Morgan fingerprint density at radius 2 is 0.535 bits per heavy atom. The molecule has 0 fully saturated rings. The van der Waals surface area contributed by atoms with Crippen LogP contribution in [-0.2, 0) is 14.3 Å². The molecule has 0 aromatic carbocycles. The molecule has 0 aliphatic heterocycles. The van der Waals surface area contributed by atoms with Gasteiger partial charge in [0.05, 0.1) is 25.4 Å². The summed E-state index contributed by atoms with van der Waals surface area (Å²) >= 11 is 0. The highest BCUT2D eigenvalue weighted by atomic mass is 16.5. The third kappa shape index (κ3) is 71.7. The number of rotatable bonds is 76. The molecule has 0 spiro atoms. The molecule has 6 heteroatoms. The second-order valence-corrected chi connectivity index (χ2v) is 27.8. The number of esters is 1. The standard InChI is InChI=1S/C80H157NO5/c1-3-5-7-9-11-13-15-17-19-41-46-50-54-58-62-66-70-74-80(85)86-75-71-67-63-59-55-51-47-43-40-38-36-34-32-30-28-26-24-22-20-21-23-25-27-29-31-33-35-37-39-42-45-49-53-57-61-65-69-73-79(84)81-77(76-82)78(83)72-68-64-60-56-52-48-44-18-16-14-12-10-8-6-4-2/h68,72,77-78,82-83H,3-67,69-71,73-76H2,1-2H3,(H,81,84)/b72-68+. The van der Waals surface area contributed by atoms with E-state index in [0.29, 0.717) is 19.4 Å². The normalized spacial score (nSPS) is 12.5. The van der Waals surface area contributed by atoms with Gasteiger partial charge in [0, 0.05) is 12.8 Å². The lowest BCUT2D eigenvalue weighted by Crippen LogP contribution is -2.45. The van der Waals surface area contributed by atoms with Crippen molar-refractivity contribution in [2.45, 2.75) is 475 Å². The van der Waals surface area contributed by atoms with Crippen molar-refractivity contribution in [1.29, 1.82) is 0 Å². The fourth-order valence-corrected chi connectivity index (χ4v) is 13.0. The van der Waals surface area contributed by atoms with Gasteiger partial charge in [0.25, 0.3) is 0 Å². The Kier molecular flexibility index (Phi) is 74.8. The lowest BCUT2D eigenvalue weighted by Gasteiger charge is -2.20. The first-order chi connectivity index (χ1) is 42.5. The molecule has 0 rings (SSSR count). The highest BCUT2D eigenvalue weighted by Gasteiger charge is 2.18. The molecule has 0 bridgehead atoms. The van der Waals surface area contributed by atoms with Crippen molar-refractivity contribution in [2.75, 3.05) is 13.2 Å². The average molecular weight is 1210 g/mol. The number of amides is 1. The van der Waals surface area contributed by atoms with Crippen LogP contribution in [0.5, 0.6) is 0 Å².